The summed E-state index contributed by atoms with van der Waals surface area (Å²) in [7, 11) is 1.55. The Balaban J connectivity index is 1.75. The minimum atomic E-state index is -1.04. The van der Waals surface area contributed by atoms with Crippen LogP contribution in [0.5, 0.6) is 0 Å². The lowest BCUT2D eigenvalue weighted by Gasteiger charge is -2.15. The van der Waals surface area contributed by atoms with Gasteiger partial charge in [-0.05, 0) is 37.3 Å². The molecule has 2 N–H and O–H groups in total. The van der Waals surface area contributed by atoms with Gasteiger partial charge in [0.2, 0.25) is 5.91 Å². The van der Waals surface area contributed by atoms with Gasteiger partial charge in [-0.15, -0.1) is 5.10 Å². The molecule has 0 saturated heterocycles. The lowest BCUT2D eigenvalue weighted by atomic mass is 10.1. The molecule has 0 unspecified atom stereocenters. The zero-order chi connectivity index (χ0) is 21.8. The van der Waals surface area contributed by atoms with Crippen molar-refractivity contribution in [3.63, 3.8) is 0 Å². The van der Waals surface area contributed by atoms with Crippen molar-refractivity contribution in [3.05, 3.63) is 53.7 Å². The number of carbonyl (C=O) groups excluding carboxylic acids is 2. The summed E-state index contributed by atoms with van der Waals surface area (Å²) < 4.78 is 33.7. The highest BCUT2D eigenvalue weighted by molar-refractivity contribution is 5.89. The molecule has 0 aliphatic heterocycles. The zero-order valence-electron chi connectivity index (χ0n) is 16.3. The van der Waals surface area contributed by atoms with Crippen LogP contribution in [0.1, 0.15) is 25.5 Å². The van der Waals surface area contributed by atoms with Crippen LogP contribution in [0, 0.1) is 11.6 Å². The smallest absolute Gasteiger partial charge is 0.413 e. The van der Waals surface area contributed by atoms with Gasteiger partial charge in [-0.3, -0.25) is 15.1 Å². The fourth-order valence-electron chi connectivity index (χ4n) is 2.66. The first-order valence-corrected chi connectivity index (χ1v) is 8.81. The SMILES string of the molecule is CC(=O)Nc1ccc(-c2nnn(C)c2NC(=O)O[C@H](C)c2cc(F)ccc2F)nc1. The number of halogens is 2. The highest BCUT2D eigenvalue weighted by Gasteiger charge is 2.21. The van der Waals surface area contributed by atoms with Crippen molar-refractivity contribution in [2.45, 2.75) is 20.0 Å². The van der Waals surface area contributed by atoms with Crippen LogP contribution >= 0.6 is 0 Å². The zero-order valence-corrected chi connectivity index (χ0v) is 16.3. The van der Waals surface area contributed by atoms with E-state index in [2.05, 4.69) is 25.9 Å². The fourth-order valence-corrected chi connectivity index (χ4v) is 2.66. The van der Waals surface area contributed by atoms with Gasteiger partial charge in [0.1, 0.15) is 17.7 Å². The number of rotatable bonds is 5. The van der Waals surface area contributed by atoms with Crippen molar-refractivity contribution in [3.8, 4) is 11.4 Å². The first-order chi connectivity index (χ1) is 14.2. The van der Waals surface area contributed by atoms with Gasteiger partial charge in [-0.1, -0.05) is 5.21 Å². The molecule has 156 valence electrons. The van der Waals surface area contributed by atoms with Crippen molar-refractivity contribution >= 4 is 23.5 Å². The van der Waals surface area contributed by atoms with E-state index in [1.54, 1.807) is 19.2 Å². The molecule has 1 aromatic carbocycles. The molecule has 2 amide bonds. The average Bonchev–Trinajstić information content (AvgIpc) is 3.04. The highest BCUT2D eigenvalue weighted by atomic mass is 19.1. The second kappa shape index (κ2) is 8.64. The topological polar surface area (TPSA) is 111 Å². The molecule has 1 atom stereocenters. The molecule has 0 fully saturated rings. The molecule has 11 heteroatoms. The van der Waals surface area contributed by atoms with E-state index in [4.69, 9.17) is 4.74 Å². The monoisotopic (exact) mass is 416 g/mol. The van der Waals surface area contributed by atoms with E-state index < -0.39 is 23.8 Å². The highest BCUT2D eigenvalue weighted by Crippen LogP contribution is 2.26. The predicted molar refractivity (Wildman–Crippen MR) is 103 cm³/mol. The van der Waals surface area contributed by atoms with Gasteiger partial charge in [0.15, 0.2) is 11.5 Å². The minimum Gasteiger partial charge on any atom is -0.441 e. The Morgan fingerprint density at radius 3 is 2.60 bits per heavy atom. The third kappa shape index (κ3) is 4.74. The van der Waals surface area contributed by atoms with Gasteiger partial charge in [0.05, 0.1) is 17.6 Å². The van der Waals surface area contributed by atoms with Crippen molar-refractivity contribution in [1.29, 1.82) is 0 Å². The third-order valence-electron chi connectivity index (χ3n) is 4.05. The maximum absolute atomic E-state index is 13.9. The number of amides is 2. The molecule has 9 nitrogen and oxygen atoms in total. The fraction of sp³-hybridized carbons (Fsp3) is 0.211. The van der Waals surface area contributed by atoms with Crippen LogP contribution < -0.4 is 10.6 Å². The molecule has 0 aliphatic carbocycles. The van der Waals surface area contributed by atoms with E-state index >= 15 is 0 Å². The van der Waals surface area contributed by atoms with E-state index in [0.717, 1.165) is 18.2 Å². The molecular weight excluding hydrogens is 398 g/mol. The van der Waals surface area contributed by atoms with E-state index in [1.807, 2.05) is 0 Å². The Bertz CT molecular complexity index is 1080. The summed E-state index contributed by atoms with van der Waals surface area (Å²) in [6.07, 6.45) is -0.518. The Kier molecular flexibility index (Phi) is 6.00. The normalized spacial score (nSPS) is 11.6. The third-order valence-corrected chi connectivity index (χ3v) is 4.05. The molecule has 30 heavy (non-hydrogen) atoms. The molecular formula is C19H18F2N6O3. The number of ether oxygens (including phenoxy) is 1. The summed E-state index contributed by atoms with van der Waals surface area (Å²) in [6.45, 7) is 2.79. The summed E-state index contributed by atoms with van der Waals surface area (Å²) in [4.78, 5) is 27.6. The van der Waals surface area contributed by atoms with Crippen LogP contribution in [-0.2, 0) is 16.6 Å². The number of aryl methyl sites for hydroxylation is 1. The van der Waals surface area contributed by atoms with E-state index in [9.17, 15) is 18.4 Å². The maximum atomic E-state index is 13.9. The van der Waals surface area contributed by atoms with E-state index in [-0.39, 0.29) is 23.0 Å². The van der Waals surface area contributed by atoms with Gasteiger partial charge < -0.3 is 10.1 Å². The van der Waals surface area contributed by atoms with Gasteiger partial charge in [-0.2, -0.15) is 0 Å². The molecule has 0 bridgehead atoms. The number of nitrogens with zero attached hydrogens (tertiary/aromatic N) is 4. The molecule has 0 radical (unpaired) electrons. The molecule has 3 rings (SSSR count). The van der Waals surface area contributed by atoms with E-state index in [0.29, 0.717) is 11.4 Å². The Morgan fingerprint density at radius 1 is 1.17 bits per heavy atom. The summed E-state index contributed by atoms with van der Waals surface area (Å²) in [5.41, 5.74) is 1.05. The summed E-state index contributed by atoms with van der Waals surface area (Å²) in [6, 6.07) is 6.11. The Hall–Kier alpha value is -3.89. The van der Waals surface area contributed by atoms with E-state index in [1.165, 1.54) is 24.7 Å². The minimum absolute atomic E-state index is 0.0938. The van der Waals surface area contributed by atoms with Gasteiger partial charge in [-0.25, -0.2) is 18.3 Å². The number of carbonyl (C=O) groups is 2. The number of pyridine rings is 1. The van der Waals surface area contributed by atoms with Gasteiger partial charge in [0.25, 0.3) is 0 Å². The van der Waals surface area contributed by atoms with Crippen LogP contribution in [0.3, 0.4) is 0 Å². The Labute approximate surface area is 170 Å². The second-order valence-electron chi connectivity index (χ2n) is 6.36. The molecule has 2 aromatic heterocycles. The van der Waals surface area contributed by atoms with Crippen LogP contribution in [0.25, 0.3) is 11.4 Å². The van der Waals surface area contributed by atoms with Crippen molar-refractivity contribution in [2.24, 2.45) is 7.05 Å². The number of aromatic nitrogens is 4. The molecule has 0 saturated carbocycles. The maximum Gasteiger partial charge on any atom is 0.413 e. The van der Waals surface area contributed by atoms with Crippen LogP contribution in [0.2, 0.25) is 0 Å². The average molecular weight is 416 g/mol. The lowest BCUT2D eigenvalue weighted by Crippen LogP contribution is -2.19. The summed E-state index contributed by atoms with van der Waals surface area (Å²) >= 11 is 0. The van der Waals surface area contributed by atoms with Gasteiger partial charge >= 0.3 is 6.09 Å². The second-order valence-corrected chi connectivity index (χ2v) is 6.36. The standard InChI is InChI=1S/C19H18F2N6O3/c1-10(14-8-12(20)4-6-15(14)21)30-19(29)24-18-17(25-26-27(18)3)16-7-5-13(9-22-16)23-11(2)28/h4-10H,1-3H3,(H,23,28)(H,24,29)/t10-/m1/s1. The Morgan fingerprint density at radius 2 is 1.93 bits per heavy atom. The largest absolute Gasteiger partial charge is 0.441 e. The summed E-state index contributed by atoms with van der Waals surface area (Å²) in [5.74, 6) is -1.39. The van der Waals surface area contributed by atoms with Crippen molar-refractivity contribution in [1.82, 2.24) is 20.0 Å². The molecule has 0 spiro atoms. The number of nitrogens with one attached hydrogen (secondary N) is 2. The number of anilines is 2. The van der Waals surface area contributed by atoms with Crippen LogP contribution in [-0.4, -0.2) is 32.0 Å². The number of hydrogen-bond donors (Lipinski definition) is 2. The molecule has 0 aliphatic rings. The van der Waals surface area contributed by atoms with Crippen LogP contribution in [0.15, 0.2) is 36.5 Å². The number of hydrogen-bond acceptors (Lipinski definition) is 6. The van der Waals surface area contributed by atoms with Crippen molar-refractivity contribution in [2.75, 3.05) is 10.6 Å². The number of benzene rings is 1. The first kappa shape index (κ1) is 20.8. The van der Waals surface area contributed by atoms with Gasteiger partial charge in [0, 0.05) is 19.5 Å². The molecule has 2 heterocycles. The molecule has 3 aromatic rings. The predicted octanol–water partition coefficient (Wildman–Crippen LogP) is 3.42. The van der Waals surface area contributed by atoms with Crippen molar-refractivity contribution < 1.29 is 23.1 Å². The lowest BCUT2D eigenvalue weighted by molar-refractivity contribution is -0.114. The summed E-state index contributed by atoms with van der Waals surface area (Å²) in [5, 5.41) is 12.9. The first-order valence-electron chi connectivity index (χ1n) is 8.81. The van der Waals surface area contributed by atoms with Crippen LogP contribution in [0.4, 0.5) is 25.1 Å². The quantitative estimate of drug-likeness (QED) is 0.659.